The highest BCUT2D eigenvalue weighted by Gasteiger charge is 2.19. The SMILES string of the molecule is COCCN(CCOC)C(=O)c1ccccc1SCc1noc(C)n1. The molecule has 0 saturated heterocycles. The maximum Gasteiger partial charge on any atom is 0.255 e. The smallest absolute Gasteiger partial charge is 0.255 e. The second-order valence-corrected chi connectivity index (χ2v) is 6.31. The Kier molecular flexibility index (Phi) is 7.90. The molecule has 0 radical (unpaired) electrons. The van der Waals surface area contributed by atoms with Crippen molar-refractivity contribution in [2.75, 3.05) is 40.5 Å². The van der Waals surface area contributed by atoms with Crippen molar-refractivity contribution in [1.82, 2.24) is 15.0 Å². The van der Waals surface area contributed by atoms with Crippen LogP contribution in [0.4, 0.5) is 0 Å². The zero-order valence-electron chi connectivity index (χ0n) is 14.7. The third kappa shape index (κ3) is 5.84. The summed E-state index contributed by atoms with van der Waals surface area (Å²) in [4.78, 5) is 19.8. The summed E-state index contributed by atoms with van der Waals surface area (Å²) in [6, 6.07) is 7.53. The zero-order chi connectivity index (χ0) is 18.1. The number of methoxy groups -OCH3 is 2. The lowest BCUT2D eigenvalue weighted by molar-refractivity contribution is 0.0624. The van der Waals surface area contributed by atoms with Gasteiger partial charge in [-0.15, -0.1) is 11.8 Å². The first-order chi connectivity index (χ1) is 12.2. The Labute approximate surface area is 151 Å². The number of hydrogen-bond donors (Lipinski definition) is 0. The number of ether oxygens (including phenoxy) is 2. The molecule has 136 valence electrons. The van der Waals surface area contributed by atoms with Gasteiger partial charge in [-0.2, -0.15) is 4.98 Å². The van der Waals surface area contributed by atoms with Crippen molar-refractivity contribution in [2.45, 2.75) is 17.6 Å². The van der Waals surface area contributed by atoms with Gasteiger partial charge in [-0.25, -0.2) is 0 Å². The number of aromatic nitrogens is 2. The molecule has 25 heavy (non-hydrogen) atoms. The van der Waals surface area contributed by atoms with Gasteiger partial charge in [-0.1, -0.05) is 17.3 Å². The summed E-state index contributed by atoms with van der Waals surface area (Å²) in [6.07, 6.45) is 0. The molecule has 2 rings (SSSR count). The van der Waals surface area contributed by atoms with E-state index in [0.29, 0.717) is 49.3 Å². The number of carbonyl (C=O) groups is 1. The van der Waals surface area contributed by atoms with Crippen LogP contribution in [0.1, 0.15) is 22.1 Å². The van der Waals surface area contributed by atoms with E-state index < -0.39 is 0 Å². The first kappa shape index (κ1) is 19.4. The van der Waals surface area contributed by atoms with Crippen LogP contribution in [0, 0.1) is 6.92 Å². The summed E-state index contributed by atoms with van der Waals surface area (Å²) in [6.45, 7) is 3.74. The Morgan fingerprint density at radius 2 is 1.88 bits per heavy atom. The molecule has 1 heterocycles. The van der Waals surface area contributed by atoms with E-state index in [1.165, 1.54) is 11.8 Å². The van der Waals surface area contributed by atoms with Crippen LogP contribution >= 0.6 is 11.8 Å². The van der Waals surface area contributed by atoms with E-state index in [0.717, 1.165) is 4.90 Å². The van der Waals surface area contributed by atoms with Crippen LogP contribution in [0.5, 0.6) is 0 Å². The first-order valence-corrected chi connectivity index (χ1v) is 8.92. The van der Waals surface area contributed by atoms with E-state index in [-0.39, 0.29) is 5.91 Å². The highest BCUT2D eigenvalue weighted by molar-refractivity contribution is 7.98. The minimum atomic E-state index is -0.0403. The Morgan fingerprint density at radius 3 is 2.48 bits per heavy atom. The summed E-state index contributed by atoms with van der Waals surface area (Å²) in [5.41, 5.74) is 0.653. The van der Waals surface area contributed by atoms with E-state index in [2.05, 4.69) is 10.1 Å². The van der Waals surface area contributed by atoms with Crippen molar-refractivity contribution in [3.63, 3.8) is 0 Å². The van der Waals surface area contributed by atoms with Crippen molar-refractivity contribution in [2.24, 2.45) is 0 Å². The number of carbonyl (C=O) groups excluding carboxylic acids is 1. The predicted molar refractivity (Wildman–Crippen MR) is 94.7 cm³/mol. The van der Waals surface area contributed by atoms with Crippen molar-refractivity contribution in [3.8, 4) is 0 Å². The summed E-state index contributed by atoms with van der Waals surface area (Å²) in [7, 11) is 3.24. The zero-order valence-corrected chi connectivity index (χ0v) is 15.5. The Morgan fingerprint density at radius 1 is 1.20 bits per heavy atom. The summed E-state index contributed by atoms with van der Waals surface area (Å²) >= 11 is 1.51. The Bertz CT molecular complexity index is 669. The summed E-state index contributed by atoms with van der Waals surface area (Å²) < 4.78 is 15.2. The average molecular weight is 365 g/mol. The number of amides is 1. The molecular formula is C17H23N3O4S. The lowest BCUT2D eigenvalue weighted by atomic mass is 10.2. The first-order valence-electron chi connectivity index (χ1n) is 7.94. The second kappa shape index (κ2) is 10.2. The van der Waals surface area contributed by atoms with Gasteiger partial charge >= 0.3 is 0 Å². The van der Waals surface area contributed by atoms with Gasteiger partial charge in [0.2, 0.25) is 5.89 Å². The molecule has 0 saturated carbocycles. The van der Waals surface area contributed by atoms with E-state index in [4.69, 9.17) is 14.0 Å². The van der Waals surface area contributed by atoms with Crippen LogP contribution in [-0.2, 0) is 15.2 Å². The van der Waals surface area contributed by atoms with Gasteiger partial charge in [0.25, 0.3) is 5.91 Å². The van der Waals surface area contributed by atoms with Crippen LogP contribution in [0.2, 0.25) is 0 Å². The molecule has 0 spiro atoms. The van der Waals surface area contributed by atoms with Crippen LogP contribution in [0.25, 0.3) is 0 Å². The molecule has 7 nitrogen and oxygen atoms in total. The van der Waals surface area contributed by atoms with Crippen molar-refractivity contribution < 1.29 is 18.8 Å². The number of hydrogen-bond acceptors (Lipinski definition) is 7. The third-order valence-electron chi connectivity index (χ3n) is 3.46. The number of rotatable bonds is 10. The average Bonchev–Trinajstić information content (AvgIpc) is 3.05. The van der Waals surface area contributed by atoms with Crippen LogP contribution in [-0.4, -0.2) is 61.5 Å². The topological polar surface area (TPSA) is 77.7 Å². The second-order valence-electron chi connectivity index (χ2n) is 5.29. The molecule has 0 atom stereocenters. The minimum absolute atomic E-state index is 0.0403. The molecule has 8 heteroatoms. The van der Waals surface area contributed by atoms with Crippen LogP contribution in [0.3, 0.4) is 0 Å². The van der Waals surface area contributed by atoms with E-state index in [9.17, 15) is 4.79 Å². The number of aryl methyl sites for hydroxylation is 1. The molecule has 0 bridgehead atoms. The van der Waals surface area contributed by atoms with Crippen molar-refractivity contribution in [1.29, 1.82) is 0 Å². The lowest BCUT2D eigenvalue weighted by Gasteiger charge is -2.23. The van der Waals surface area contributed by atoms with Gasteiger partial charge in [0.1, 0.15) is 0 Å². The van der Waals surface area contributed by atoms with Gasteiger partial charge in [-0.3, -0.25) is 4.79 Å². The Hall–Kier alpha value is -1.90. The van der Waals surface area contributed by atoms with E-state index in [1.54, 1.807) is 26.0 Å². The molecule has 0 aliphatic heterocycles. The van der Waals surface area contributed by atoms with E-state index in [1.807, 2.05) is 24.3 Å². The molecule has 1 amide bonds. The van der Waals surface area contributed by atoms with E-state index >= 15 is 0 Å². The summed E-state index contributed by atoms with van der Waals surface area (Å²) in [5, 5.41) is 3.89. The van der Waals surface area contributed by atoms with Gasteiger partial charge in [0.15, 0.2) is 5.82 Å². The van der Waals surface area contributed by atoms with Gasteiger partial charge in [0, 0.05) is 39.1 Å². The molecule has 0 N–H and O–H groups in total. The van der Waals surface area contributed by atoms with Gasteiger partial charge in [0.05, 0.1) is 24.5 Å². The molecule has 0 unspecified atom stereocenters. The molecule has 2 aromatic rings. The fourth-order valence-corrected chi connectivity index (χ4v) is 3.09. The van der Waals surface area contributed by atoms with Crippen molar-refractivity contribution in [3.05, 3.63) is 41.5 Å². The monoisotopic (exact) mass is 365 g/mol. The fraction of sp³-hybridized carbons (Fsp3) is 0.471. The Balaban J connectivity index is 2.11. The number of thioether (sulfide) groups is 1. The quantitative estimate of drug-likeness (QED) is 0.598. The van der Waals surface area contributed by atoms with Crippen molar-refractivity contribution >= 4 is 17.7 Å². The maximum atomic E-state index is 12.9. The standard InChI is InChI=1S/C17H23N3O4S/c1-13-18-16(19-24-13)12-25-15-7-5-4-6-14(15)17(21)20(8-10-22-2)9-11-23-3/h4-7H,8-12H2,1-3H3. The molecule has 0 aliphatic carbocycles. The van der Waals surface area contributed by atoms with Gasteiger partial charge < -0.3 is 18.9 Å². The largest absolute Gasteiger partial charge is 0.383 e. The van der Waals surface area contributed by atoms with Gasteiger partial charge in [-0.05, 0) is 12.1 Å². The highest BCUT2D eigenvalue weighted by atomic mass is 32.2. The predicted octanol–water partition coefficient (Wildman–Crippen LogP) is 2.41. The normalized spacial score (nSPS) is 10.8. The lowest BCUT2D eigenvalue weighted by Crippen LogP contribution is -2.36. The molecular weight excluding hydrogens is 342 g/mol. The molecule has 1 aromatic heterocycles. The maximum absolute atomic E-state index is 12.9. The summed E-state index contributed by atoms with van der Waals surface area (Å²) in [5.74, 6) is 1.64. The number of nitrogens with zero attached hydrogens (tertiary/aromatic N) is 3. The molecule has 0 fully saturated rings. The van der Waals surface area contributed by atoms with Crippen LogP contribution in [0.15, 0.2) is 33.7 Å². The third-order valence-corrected chi connectivity index (χ3v) is 4.53. The van der Waals surface area contributed by atoms with Crippen LogP contribution < -0.4 is 0 Å². The fourth-order valence-electron chi connectivity index (χ4n) is 2.20. The minimum Gasteiger partial charge on any atom is -0.383 e. The number of benzene rings is 1. The highest BCUT2D eigenvalue weighted by Crippen LogP contribution is 2.26. The molecule has 1 aromatic carbocycles. The molecule has 0 aliphatic rings.